The second-order valence-corrected chi connectivity index (χ2v) is 23.4. The van der Waals surface area contributed by atoms with Gasteiger partial charge in [0.15, 0.2) is 34.2 Å². The number of amides is 2. The number of fused-ring (bicyclic) bond motifs is 6. The fraction of sp³-hybridized carbons (Fsp3) is 0.243. The Morgan fingerprint density at radius 3 is 1.21 bits per heavy atom. The van der Waals surface area contributed by atoms with Crippen molar-refractivity contribution < 1.29 is 146 Å². The van der Waals surface area contributed by atoms with Gasteiger partial charge >= 0.3 is 71.1 Å². The molecule has 2 aliphatic rings. The minimum atomic E-state index is -2.14. The molecule has 2 amide bonds. The quantitative estimate of drug-likeness (QED) is 0.0447. The number of rotatable bonds is 26. The zero-order valence-corrected chi connectivity index (χ0v) is 58.0. The number of aliphatic hydroxyl groups is 2. The number of ether oxygens (including phenoxy) is 4. The molecule has 0 bridgehead atoms. The first-order valence-electron chi connectivity index (χ1n) is 31.0. The van der Waals surface area contributed by atoms with Crippen molar-refractivity contribution in [3.63, 3.8) is 0 Å². The van der Waals surface area contributed by atoms with Crippen molar-refractivity contribution in [3.05, 3.63) is 216 Å². The van der Waals surface area contributed by atoms with Gasteiger partial charge in [0, 0.05) is 37.0 Å². The Kier molecular flexibility index (Phi) is 24.7. The van der Waals surface area contributed by atoms with Crippen molar-refractivity contribution in [3.8, 4) is 23.0 Å². The van der Waals surface area contributed by atoms with E-state index in [4.69, 9.17) is 27.8 Å². The molecular weight excluding hydrogens is 1280 g/mol. The molecule has 2 aliphatic heterocycles. The predicted molar refractivity (Wildman–Crippen MR) is 347 cm³/mol. The van der Waals surface area contributed by atoms with Crippen LogP contribution in [-0.4, -0.2) is 115 Å². The number of benzene rings is 8. The second-order valence-electron chi connectivity index (χ2n) is 23.4. The third kappa shape index (κ3) is 16.8. The summed E-state index contributed by atoms with van der Waals surface area (Å²) in [6, 6.07) is 50.9. The molecule has 0 aliphatic carbocycles. The third-order valence-electron chi connectivity index (χ3n) is 17.5. The van der Waals surface area contributed by atoms with Crippen LogP contribution >= 0.6 is 0 Å². The van der Waals surface area contributed by atoms with Crippen LogP contribution in [0.3, 0.4) is 0 Å². The average molecular weight is 1350 g/mol. The number of nitrogens with zero attached hydrogens (tertiary/aromatic N) is 4. The van der Waals surface area contributed by atoms with Crippen molar-refractivity contribution in [1.82, 2.24) is 19.8 Å². The third-order valence-corrected chi connectivity index (χ3v) is 17.5. The maximum absolute atomic E-state index is 14.3. The maximum atomic E-state index is 14.3. The summed E-state index contributed by atoms with van der Waals surface area (Å²) in [6.07, 6.45) is 7.88. The molecule has 98 heavy (non-hydrogen) atoms. The van der Waals surface area contributed by atoms with E-state index < -0.39 is 96.5 Å². The first-order chi connectivity index (χ1) is 46.5. The molecule has 0 spiro atoms. The smallest absolute Gasteiger partial charge is 0.549 e. The maximum Gasteiger partial charge on any atom is 1.00 e. The zero-order chi connectivity index (χ0) is 67.6. The number of aliphatic carboxylic acids is 4. The van der Waals surface area contributed by atoms with E-state index in [0.717, 1.165) is 32.7 Å². The summed E-state index contributed by atoms with van der Waals surface area (Å²) in [6.45, 7) is 1.49. The van der Waals surface area contributed by atoms with Gasteiger partial charge in [0.25, 0.3) is 0 Å². The first-order valence-corrected chi connectivity index (χ1v) is 31.0. The molecule has 22 nitrogen and oxygen atoms in total. The number of hydrogen-bond acceptors (Lipinski definition) is 18. The van der Waals surface area contributed by atoms with Gasteiger partial charge in [-0.3, -0.25) is 19.2 Å². The van der Waals surface area contributed by atoms with E-state index in [1.807, 2.05) is 170 Å². The van der Waals surface area contributed by atoms with E-state index in [1.165, 1.54) is 9.80 Å². The van der Waals surface area contributed by atoms with E-state index in [2.05, 4.69) is 9.97 Å². The van der Waals surface area contributed by atoms with Crippen molar-refractivity contribution in [2.24, 2.45) is 23.7 Å². The summed E-state index contributed by atoms with van der Waals surface area (Å²) in [5.74, 6) is -15.0. The number of aliphatic hydroxyl groups excluding tert-OH is 2. The normalized spacial score (nSPS) is 14.7. The Hall–Kier alpha value is -9.36. The number of para-hydroxylation sites is 4. The van der Waals surface area contributed by atoms with Gasteiger partial charge in [0.05, 0.1) is 48.8 Å². The van der Waals surface area contributed by atoms with Crippen LogP contribution < -0.4 is 88.3 Å². The Bertz CT molecular complexity index is 4240. The van der Waals surface area contributed by atoms with Gasteiger partial charge in [-0.15, -0.1) is 0 Å². The minimum absolute atomic E-state index is 0. The largest absolute Gasteiger partial charge is 1.00 e. The number of carbonyl (C=O) groups excluding carboxylic acids is 4. The fourth-order valence-electron chi connectivity index (χ4n) is 12.3. The van der Waals surface area contributed by atoms with Crippen LogP contribution in [0.4, 0.5) is 0 Å². The van der Waals surface area contributed by atoms with Gasteiger partial charge < -0.3 is 77.8 Å². The van der Waals surface area contributed by atoms with Crippen LogP contribution in [0.1, 0.15) is 72.6 Å². The van der Waals surface area contributed by atoms with E-state index >= 15 is 0 Å². The van der Waals surface area contributed by atoms with E-state index in [0.29, 0.717) is 80.9 Å². The first kappa shape index (κ1) is 72.9. The topological polar surface area (TPSA) is 325 Å². The van der Waals surface area contributed by atoms with Gasteiger partial charge in [-0.2, -0.15) is 0 Å². The summed E-state index contributed by atoms with van der Waals surface area (Å²) in [4.78, 5) is 89.0. The number of carboxylic acid groups (broad SMARTS) is 4. The molecule has 0 radical (unpaired) electrons. The molecule has 492 valence electrons. The Morgan fingerprint density at radius 2 is 0.847 bits per heavy atom. The van der Waals surface area contributed by atoms with Gasteiger partial charge in [-0.25, -0.2) is 9.97 Å². The molecule has 24 heteroatoms. The van der Waals surface area contributed by atoms with Crippen molar-refractivity contribution in [2.75, 3.05) is 26.8 Å². The summed E-state index contributed by atoms with van der Waals surface area (Å²) in [5, 5.41) is 67.8. The molecule has 8 atom stereocenters. The molecule has 8 aromatic carbocycles. The van der Waals surface area contributed by atoms with Crippen LogP contribution in [0.25, 0.3) is 55.9 Å². The standard InChI is InChI=1S/2C37H34N2O9.2Na/c2*1-22(27(26-15-16-31-32(18-26)47-21-46-31)9-6-12-33-38-29-10-4-5-11-30(29)48-33)39(35(41)34(37(44)45)28(20-40)36(42)43)19-23-13-14-24-7-2-3-8-25(24)17-23;;/h2*2-8,10-18,22,27-28,34,40H,9,19-21H2,1H3,(H,42,43)(H,44,45);;/q;;2*+1/p-2/b2*12-6+;;/t2*22-,27+,28-,34+;;/m11../s1. The molecule has 0 saturated carbocycles. The van der Waals surface area contributed by atoms with Crippen LogP contribution in [0.15, 0.2) is 191 Å². The van der Waals surface area contributed by atoms with Crippen LogP contribution in [0, 0.1) is 23.7 Å². The number of allylic oxidation sites excluding steroid dienone is 2. The molecule has 0 saturated heterocycles. The number of hydrogen-bond donors (Lipinski definition) is 4. The Labute approximate surface area is 606 Å². The van der Waals surface area contributed by atoms with Gasteiger partial charge in [0.1, 0.15) is 11.0 Å². The average Bonchev–Trinajstić information content (AvgIpc) is 1.49. The van der Waals surface area contributed by atoms with Crippen molar-refractivity contribution in [2.45, 2.75) is 63.7 Å². The SMILES string of the molecule is C[C@H]([C@H](C/C=C/c1nc2ccccc2o1)c1ccc2c(c1)OCO2)N(Cc1ccc2ccccc2c1)C(=O)[C@@H](C(=O)[O-])[C@@H](CO)C(=O)O.C[C@H]([C@H](C/C=C/c1nc2ccccc2o1)c1ccc2c(c1)OCO2)N(Cc1ccc2ccccc2c1)C(=O)[C@@H](C(=O)[O-])[C@@H](CO)C(=O)O.[Na+].[Na+]. The molecule has 4 heterocycles. The Balaban J connectivity index is 0.000000225. The fourth-order valence-corrected chi connectivity index (χ4v) is 12.3. The van der Waals surface area contributed by atoms with Crippen molar-refractivity contribution >= 4 is 91.6 Å². The van der Waals surface area contributed by atoms with Gasteiger partial charge in [-0.05, 0) is 143 Å². The summed E-state index contributed by atoms with van der Waals surface area (Å²) >= 11 is 0. The molecule has 2 aromatic heterocycles. The number of oxazole rings is 2. The second kappa shape index (κ2) is 33.3. The summed E-state index contributed by atoms with van der Waals surface area (Å²) in [5.41, 5.74) is 5.62. The zero-order valence-electron chi connectivity index (χ0n) is 54.0. The number of carbonyl (C=O) groups is 6. The van der Waals surface area contributed by atoms with Crippen molar-refractivity contribution in [1.29, 1.82) is 0 Å². The van der Waals surface area contributed by atoms with E-state index in [-0.39, 0.29) is 85.8 Å². The predicted octanol–water partition coefficient (Wildman–Crippen LogP) is 2.75. The molecule has 4 N–H and O–H groups in total. The molecule has 0 fully saturated rings. The van der Waals surface area contributed by atoms with E-state index in [1.54, 1.807) is 38.1 Å². The molecule has 10 aromatic rings. The summed E-state index contributed by atoms with van der Waals surface area (Å²) in [7, 11) is 0. The van der Waals surface area contributed by atoms with Crippen LogP contribution in [-0.2, 0) is 41.9 Å². The molecule has 0 unspecified atom stereocenters. The van der Waals surface area contributed by atoms with Gasteiger partial charge in [-0.1, -0.05) is 121 Å². The Morgan fingerprint density at radius 1 is 0.480 bits per heavy atom. The monoisotopic (exact) mass is 1340 g/mol. The minimum Gasteiger partial charge on any atom is -0.549 e. The number of carboxylic acids is 4. The number of aromatic nitrogens is 2. The molecular formula is C74H66N4Na2O18. The van der Waals surface area contributed by atoms with Crippen LogP contribution in [0.2, 0.25) is 0 Å². The van der Waals surface area contributed by atoms with E-state index in [9.17, 15) is 59.4 Å². The van der Waals surface area contributed by atoms with Crippen LogP contribution in [0.5, 0.6) is 23.0 Å². The van der Waals surface area contributed by atoms with Gasteiger partial charge in [0.2, 0.25) is 37.2 Å². The molecule has 12 rings (SSSR count). The summed E-state index contributed by atoms with van der Waals surface area (Å²) < 4.78 is 34.0.